The molecule has 0 saturated carbocycles. The monoisotopic (exact) mass is 446 g/mol. The van der Waals surface area contributed by atoms with Crippen molar-refractivity contribution < 1.29 is 9.53 Å². The molecule has 0 bridgehead atoms. The van der Waals surface area contributed by atoms with Crippen LogP contribution in [0.3, 0.4) is 0 Å². The molecule has 1 heterocycles. The average molecular weight is 447 g/mol. The van der Waals surface area contributed by atoms with E-state index in [4.69, 9.17) is 27.9 Å². The number of halogens is 2. The number of hydrogen-bond donors (Lipinski definition) is 0. The largest absolute Gasteiger partial charge is 0.438 e. The Morgan fingerprint density at radius 2 is 1.65 bits per heavy atom. The highest BCUT2D eigenvalue weighted by molar-refractivity contribution is 6.35. The molecule has 0 aliphatic carbocycles. The molecule has 0 N–H and O–H groups in total. The van der Waals surface area contributed by atoms with Crippen LogP contribution in [0.4, 0.5) is 0 Å². The average Bonchev–Trinajstić information content (AvgIpc) is 2.78. The fraction of sp³-hybridized carbons (Fsp3) is 0. The Morgan fingerprint density at radius 1 is 0.871 bits per heavy atom. The molecule has 0 aliphatic rings. The molecular weight excluding hydrogens is 431 g/mol. The first-order valence-electron chi connectivity index (χ1n) is 9.41. The molecule has 0 amide bonds. The maximum Gasteiger partial charge on any atom is 0.230 e. The number of carbonyl (C=O) groups is 1. The third-order valence-corrected chi connectivity index (χ3v) is 4.99. The van der Waals surface area contributed by atoms with Crippen LogP contribution in [-0.4, -0.2) is 15.8 Å². The van der Waals surface area contributed by atoms with Crippen LogP contribution in [-0.2, 0) is 4.79 Å². The number of allylic oxidation sites excluding steroid dienone is 2. The summed E-state index contributed by atoms with van der Waals surface area (Å²) in [6.07, 6.45) is 7.83. The zero-order valence-corrected chi connectivity index (χ0v) is 17.7. The quantitative estimate of drug-likeness (QED) is 0.298. The minimum atomic E-state index is -0.154. The summed E-state index contributed by atoms with van der Waals surface area (Å²) in [5, 5.41) is 1.88. The van der Waals surface area contributed by atoms with E-state index in [1.54, 1.807) is 30.4 Å². The van der Waals surface area contributed by atoms with Crippen molar-refractivity contribution in [2.75, 3.05) is 0 Å². The van der Waals surface area contributed by atoms with Crippen LogP contribution in [0.5, 0.6) is 11.6 Å². The van der Waals surface area contributed by atoms with Crippen molar-refractivity contribution in [3.63, 3.8) is 0 Å². The van der Waals surface area contributed by atoms with Gasteiger partial charge in [0.15, 0.2) is 5.78 Å². The number of para-hydroxylation sites is 1. The highest BCUT2D eigenvalue weighted by Crippen LogP contribution is 2.26. The molecule has 31 heavy (non-hydrogen) atoms. The number of ether oxygens (including phenoxy) is 1. The standard InChI is InChI=1S/C25H16Cl2N2O2/c26-19-10-8-18(23(27)15-19)9-12-20(30)11-5-17-6-13-21(14-7-17)31-25-22-3-1-2-4-24(22)28-16-29-25/h1-16H/b11-5+,12-9+. The molecular formula is C25H16Cl2N2O2. The second kappa shape index (κ2) is 9.56. The van der Waals surface area contributed by atoms with Crippen LogP contribution >= 0.6 is 23.2 Å². The molecule has 4 nitrogen and oxygen atoms in total. The normalized spacial score (nSPS) is 11.4. The van der Waals surface area contributed by atoms with Gasteiger partial charge in [-0.15, -0.1) is 0 Å². The first-order valence-corrected chi connectivity index (χ1v) is 10.2. The Kier molecular flexibility index (Phi) is 6.41. The Hall–Kier alpha value is -3.47. The molecule has 0 unspecified atom stereocenters. The van der Waals surface area contributed by atoms with Gasteiger partial charge in [0.05, 0.1) is 10.9 Å². The van der Waals surface area contributed by atoms with Gasteiger partial charge in [-0.2, -0.15) is 0 Å². The fourth-order valence-electron chi connectivity index (χ4n) is 2.86. The van der Waals surface area contributed by atoms with Crippen LogP contribution < -0.4 is 4.74 Å². The van der Waals surface area contributed by atoms with Gasteiger partial charge in [0, 0.05) is 10.0 Å². The second-order valence-electron chi connectivity index (χ2n) is 6.60. The van der Waals surface area contributed by atoms with E-state index in [9.17, 15) is 4.79 Å². The molecule has 0 spiro atoms. The van der Waals surface area contributed by atoms with Crippen molar-refractivity contribution in [3.05, 3.63) is 106 Å². The van der Waals surface area contributed by atoms with Crippen molar-refractivity contribution in [2.24, 2.45) is 0 Å². The zero-order valence-electron chi connectivity index (χ0n) is 16.2. The van der Waals surface area contributed by atoms with Gasteiger partial charge in [-0.25, -0.2) is 9.97 Å². The van der Waals surface area contributed by atoms with Crippen LogP contribution in [0.25, 0.3) is 23.1 Å². The summed E-state index contributed by atoms with van der Waals surface area (Å²) < 4.78 is 5.90. The van der Waals surface area contributed by atoms with E-state index >= 15 is 0 Å². The topological polar surface area (TPSA) is 52.1 Å². The van der Waals surface area contributed by atoms with Gasteiger partial charge >= 0.3 is 0 Å². The van der Waals surface area contributed by atoms with Gasteiger partial charge in [0.25, 0.3) is 0 Å². The highest BCUT2D eigenvalue weighted by Gasteiger charge is 2.05. The Labute approximate surface area is 189 Å². The minimum absolute atomic E-state index is 0.154. The predicted molar refractivity (Wildman–Crippen MR) is 126 cm³/mol. The molecule has 3 aromatic carbocycles. The lowest BCUT2D eigenvalue weighted by Gasteiger charge is -2.07. The van der Waals surface area contributed by atoms with E-state index in [1.807, 2.05) is 48.5 Å². The number of nitrogens with zero attached hydrogens (tertiary/aromatic N) is 2. The van der Waals surface area contributed by atoms with Crippen LogP contribution in [0, 0.1) is 0 Å². The van der Waals surface area contributed by atoms with Crippen molar-refractivity contribution in [1.29, 1.82) is 0 Å². The summed E-state index contributed by atoms with van der Waals surface area (Å²) in [6.45, 7) is 0. The maximum atomic E-state index is 12.1. The van der Waals surface area contributed by atoms with Gasteiger partial charge in [-0.05, 0) is 65.8 Å². The number of rotatable bonds is 6. The van der Waals surface area contributed by atoms with E-state index in [2.05, 4.69) is 9.97 Å². The van der Waals surface area contributed by atoms with Crippen molar-refractivity contribution >= 4 is 52.0 Å². The van der Waals surface area contributed by atoms with Gasteiger partial charge in [0.2, 0.25) is 5.88 Å². The molecule has 0 saturated heterocycles. The van der Waals surface area contributed by atoms with E-state index in [-0.39, 0.29) is 5.78 Å². The Bertz CT molecular complexity index is 1290. The molecule has 0 aliphatic heterocycles. The van der Waals surface area contributed by atoms with E-state index < -0.39 is 0 Å². The van der Waals surface area contributed by atoms with Crippen molar-refractivity contribution in [1.82, 2.24) is 9.97 Å². The van der Waals surface area contributed by atoms with Gasteiger partial charge < -0.3 is 4.74 Å². The molecule has 4 aromatic rings. The lowest BCUT2D eigenvalue weighted by molar-refractivity contribution is -0.110. The lowest BCUT2D eigenvalue weighted by Crippen LogP contribution is -1.91. The summed E-state index contributed by atoms with van der Waals surface area (Å²) in [5.41, 5.74) is 2.41. The summed E-state index contributed by atoms with van der Waals surface area (Å²) >= 11 is 12.0. The molecule has 6 heteroatoms. The van der Waals surface area contributed by atoms with Crippen LogP contribution in [0.2, 0.25) is 10.0 Å². The number of benzene rings is 3. The van der Waals surface area contributed by atoms with Gasteiger partial charge in [-0.3, -0.25) is 4.79 Å². The third kappa shape index (κ3) is 5.37. The van der Waals surface area contributed by atoms with Crippen LogP contribution in [0.15, 0.2) is 85.2 Å². The Morgan fingerprint density at radius 3 is 2.45 bits per heavy atom. The number of aromatic nitrogens is 2. The molecule has 152 valence electrons. The van der Waals surface area contributed by atoms with Crippen molar-refractivity contribution in [3.8, 4) is 11.6 Å². The zero-order chi connectivity index (χ0) is 21.6. The van der Waals surface area contributed by atoms with Crippen LogP contribution in [0.1, 0.15) is 11.1 Å². The molecule has 0 radical (unpaired) electrons. The summed E-state index contributed by atoms with van der Waals surface area (Å²) in [7, 11) is 0. The summed E-state index contributed by atoms with van der Waals surface area (Å²) in [6, 6.07) is 20.1. The summed E-state index contributed by atoms with van der Waals surface area (Å²) in [4.78, 5) is 20.6. The van der Waals surface area contributed by atoms with E-state index in [0.29, 0.717) is 21.7 Å². The first kappa shape index (κ1) is 20.8. The van der Waals surface area contributed by atoms with Crippen molar-refractivity contribution in [2.45, 2.75) is 0 Å². The number of hydrogen-bond acceptors (Lipinski definition) is 4. The van der Waals surface area contributed by atoms with E-state index in [1.165, 1.54) is 18.5 Å². The van der Waals surface area contributed by atoms with E-state index in [0.717, 1.165) is 22.0 Å². The van der Waals surface area contributed by atoms with Gasteiger partial charge in [0.1, 0.15) is 12.1 Å². The third-order valence-electron chi connectivity index (χ3n) is 4.43. The molecule has 0 fully saturated rings. The SMILES string of the molecule is O=C(/C=C/c1ccc(Oc2ncnc3ccccc23)cc1)/C=C/c1ccc(Cl)cc1Cl. The smallest absolute Gasteiger partial charge is 0.230 e. The summed E-state index contributed by atoms with van der Waals surface area (Å²) in [5.74, 6) is 0.985. The molecule has 4 rings (SSSR count). The minimum Gasteiger partial charge on any atom is -0.438 e. The molecule has 1 aromatic heterocycles. The first-order chi connectivity index (χ1) is 15.1. The lowest BCUT2D eigenvalue weighted by atomic mass is 10.1. The number of ketones is 1. The number of carbonyl (C=O) groups excluding carboxylic acids is 1. The maximum absolute atomic E-state index is 12.1. The fourth-order valence-corrected chi connectivity index (χ4v) is 3.33. The number of fused-ring (bicyclic) bond motifs is 1. The van der Waals surface area contributed by atoms with Gasteiger partial charge in [-0.1, -0.05) is 59.6 Å². The molecule has 0 atom stereocenters. The predicted octanol–water partition coefficient (Wildman–Crippen LogP) is 7.02. The second-order valence-corrected chi connectivity index (χ2v) is 7.45. The Balaban J connectivity index is 1.41. The highest BCUT2D eigenvalue weighted by atomic mass is 35.5.